The minimum atomic E-state index is -3.84. The van der Waals surface area contributed by atoms with E-state index in [0.29, 0.717) is 16.7 Å². The third-order valence-corrected chi connectivity index (χ3v) is 3.63. The topological polar surface area (TPSA) is 103 Å². The largest absolute Gasteiger partial charge is 0.366 e. The van der Waals surface area contributed by atoms with E-state index in [4.69, 9.17) is 10.9 Å². The molecule has 1 aromatic rings. The van der Waals surface area contributed by atoms with E-state index >= 15 is 0 Å². The summed E-state index contributed by atoms with van der Waals surface area (Å²) in [5.41, 5.74) is 6.90. The molecule has 0 aliphatic heterocycles. The summed E-state index contributed by atoms with van der Waals surface area (Å²) >= 11 is 0. The highest BCUT2D eigenvalue weighted by atomic mass is 32.2. The van der Waals surface area contributed by atoms with Crippen LogP contribution in [0.5, 0.6) is 0 Å². The molecule has 5 nitrogen and oxygen atoms in total. The van der Waals surface area contributed by atoms with Crippen LogP contribution in [0.15, 0.2) is 11.0 Å². The number of amides is 1. The van der Waals surface area contributed by atoms with Crippen molar-refractivity contribution in [2.45, 2.75) is 25.7 Å². The number of sulfonamides is 1. The number of hydrogen-bond acceptors (Lipinski definition) is 3. The van der Waals surface area contributed by atoms with E-state index in [2.05, 4.69) is 0 Å². The highest BCUT2D eigenvalue weighted by Crippen LogP contribution is 2.24. The number of hydrogen-bond donors (Lipinski definition) is 2. The first-order valence-electron chi connectivity index (χ1n) is 4.59. The van der Waals surface area contributed by atoms with E-state index in [-0.39, 0.29) is 10.5 Å². The van der Waals surface area contributed by atoms with Crippen LogP contribution in [0, 0.1) is 20.8 Å². The smallest absolute Gasteiger partial charge is 0.249 e. The molecule has 0 unspecified atom stereocenters. The van der Waals surface area contributed by atoms with Gasteiger partial charge < -0.3 is 5.73 Å². The fourth-order valence-corrected chi connectivity index (χ4v) is 3.02. The average Bonchev–Trinajstić information content (AvgIpc) is 1.97. The Morgan fingerprint density at radius 1 is 1.19 bits per heavy atom. The maximum atomic E-state index is 11.4. The summed E-state index contributed by atoms with van der Waals surface area (Å²) in [6.45, 7) is 4.86. The van der Waals surface area contributed by atoms with Crippen molar-refractivity contribution in [3.8, 4) is 0 Å². The standard InChI is InChI=1S/C10H14N2O3S/c1-5-4-6(2)9(16(12,14)15)7(3)8(5)10(11)13/h4H,1-3H3,(H2,11,13)(H2,12,14,15). The molecule has 88 valence electrons. The highest BCUT2D eigenvalue weighted by molar-refractivity contribution is 7.89. The molecule has 0 atom stereocenters. The second kappa shape index (κ2) is 3.88. The SMILES string of the molecule is Cc1cc(C)c(S(N)(=O)=O)c(C)c1C(N)=O. The van der Waals surface area contributed by atoms with Crippen molar-refractivity contribution in [3.63, 3.8) is 0 Å². The van der Waals surface area contributed by atoms with Crippen molar-refractivity contribution in [1.82, 2.24) is 0 Å². The maximum Gasteiger partial charge on any atom is 0.249 e. The fraction of sp³-hybridized carbons (Fsp3) is 0.300. The Bertz CT molecular complexity index is 562. The first-order chi connectivity index (χ1) is 7.16. The fourth-order valence-electron chi connectivity index (χ4n) is 1.98. The normalized spacial score (nSPS) is 11.5. The third kappa shape index (κ3) is 2.07. The summed E-state index contributed by atoms with van der Waals surface area (Å²) in [4.78, 5) is 11.2. The summed E-state index contributed by atoms with van der Waals surface area (Å²) in [5, 5.41) is 5.10. The second-order valence-electron chi connectivity index (χ2n) is 3.75. The monoisotopic (exact) mass is 242 g/mol. The number of aryl methyl sites for hydroxylation is 2. The van der Waals surface area contributed by atoms with Gasteiger partial charge in [0.1, 0.15) is 0 Å². The molecule has 0 aromatic heterocycles. The molecule has 0 bridgehead atoms. The van der Waals surface area contributed by atoms with Crippen LogP contribution in [0.3, 0.4) is 0 Å². The van der Waals surface area contributed by atoms with E-state index < -0.39 is 15.9 Å². The van der Waals surface area contributed by atoms with Crippen molar-refractivity contribution in [2.24, 2.45) is 10.9 Å². The zero-order valence-corrected chi connectivity index (χ0v) is 10.2. The Hall–Kier alpha value is -1.40. The van der Waals surface area contributed by atoms with Gasteiger partial charge in [-0.15, -0.1) is 0 Å². The number of primary amides is 1. The van der Waals surface area contributed by atoms with Gasteiger partial charge in [-0.3, -0.25) is 4.79 Å². The van der Waals surface area contributed by atoms with Gasteiger partial charge in [-0.2, -0.15) is 0 Å². The number of nitrogens with two attached hydrogens (primary N) is 2. The summed E-state index contributed by atoms with van der Waals surface area (Å²) in [5.74, 6) is -0.653. The molecular formula is C10H14N2O3S. The van der Waals surface area contributed by atoms with E-state index in [1.54, 1.807) is 19.9 Å². The van der Waals surface area contributed by atoms with Crippen LogP contribution >= 0.6 is 0 Å². The zero-order chi connectivity index (χ0) is 12.7. The van der Waals surface area contributed by atoms with Crippen LogP contribution in [-0.2, 0) is 10.0 Å². The van der Waals surface area contributed by atoms with Crippen LogP contribution in [0.4, 0.5) is 0 Å². The molecule has 0 saturated carbocycles. The van der Waals surface area contributed by atoms with Gasteiger partial charge in [0.2, 0.25) is 15.9 Å². The van der Waals surface area contributed by atoms with Gasteiger partial charge >= 0.3 is 0 Å². The maximum absolute atomic E-state index is 11.4. The lowest BCUT2D eigenvalue weighted by molar-refractivity contribution is 0.0999. The zero-order valence-electron chi connectivity index (χ0n) is 9.37. The lowest BCUT2D eigenvalue weighted by atomic mass is 9.99. The molecule has 1 aromatic carbocycles. The number of primary sulfonamides is 1. The van der Waals surface area contributed by atoms with E-state index in [1.165, 1.54) is 6.92 Å². The molecule has 1 amide bonds. The van der Waals surface area contributed by atoms with Crippen LogP contribution in [0.25, 0.3) is 0 Å². The summed E-state index contributed by atoms with van der Waals surface area (Å²) < 4.78 is 22.8. The molecule has 0 spiro atoms. The van der Waals surface area contributed by atoms with Crippen molar-refractivity contribution in [3.05, 3.63) is 28.3 Å². The Labute approximate surface area is 94.5 Å². The molecule has 0 fully saturated rings. The molecule has 0 heterocycles. The quantitative estimate of drug-likeness (QED) is 0.782. The summed E-state index contributed by atoms with van der Waals surface area (Å²) in [7, 11) is -3.84. The molecule has 0 radical (unpaired) electrons. The Kier molecular flexibility index (Phi) is 3.07. The first kappa shape index (κ1) is 12.7. The van der Waals surface area contributed by atoms with Gasteiger partial charge in [-0.05, 0) is 37.5 Å². The lowest BCUT2D eigenvalue weighted by Gasteiger charge is -2.13. The van der Waals surface area contributed by atoms with Crippen molar-refractivity contribution < 1.29 is 13.2 Å². The van der Waals surface area contributed by atoms with Crippen molar-refractivity contribution in [1.29, 1.82) is 0 Å². The Morgan fingerprint density at radius 3 is 2.06 bits per heavy atom. The van der Waals surface area contributed by atoms with Crippen LogP contribution in [0.1, 0.15) is 27.0 Å². The van der Waals surface area contributed by atoms with Gasteiger partial charge in [0, 0.05) is 5.56 Å². The van der Waals surface area contributed by atoms with Gasteiger partial charge in [0.25, 0.3) is 0 Å². The van der Waals surface area contributed by atoms with Gasteiger partial charge in [-0.1, -0.05) is 6.07 Å². The Balaban J connectivity index is 3.79. The molecule has 16 heavy (non-hydrogen) atoms. The van der Waals surface area contributed by atoms with Crippen LogP contribution < -0.4 is 10.9 Å². The molecule has 1 rings (SSSR count). The minimum Gasteiger partial charge on any atom is -0.366 e. The van der Waals surface area contributed by atoms with Crippen LogP contribution in [-0.4, -0.2) is 14.3 Å². The molecule has 6 heteroatoms. The highest BCUT2D eigenvalue weighted by Gasteiger charge is 2.21. The number of carbonyl (C=O) groups is 1. The molecule has 0 saturated heterocycles. The lowest BCUT2D eigenvalue weighted by Crippen LogP contribution is -2.21. The van der Waals surface area contributed by atoms with E-state index in [0.717, 1.165) is 0 Å². The van der Waals surface area contributed by atoms with Crippen molar-refractivity contribution in [2.75, 3.05) is 0 Å². The van der Waals surface area contributed by atoms with Crippen LogP contribution in [0.2, 0.25) is 0 Å². The minimum absolute atomic E-state index is 0.0214. The van der Waals surface area contributed by atoms with Crippen molar-refractivity contribution >= 4 is 15.9 Å². The summed E-state index contributed by atoms with van der Waals surface area (Å²) in [6.07, 6.45) is 0. The number of rotatable bonds is 2. The molecule has 0 aliphatic carbocycles. The first-order valence-corrected chi connectivity index (χ1v) is 6.14. The molecule has 4 N–H and O–H groups in total. The van der Waals surface area contributed by atoms with Gasteiger partial charge in [0.15, 0.2) is 0 Å². The average molecular weight is 242 g/mol. The predicted octanol–water partition coefficient (Wildman–Crippen LogP) is 0.358. The van der Waals surface area contributed by atoms with E-state index in [1.807, 2.05) is 0 Å². The predicted molar refractivity (Wildman–Crippen MR) is 60.5 cm³/mol. The number of benzene rings is 1. The van der Waals surface area contributed by atoms with Gasteiger partial charge in [-0.25, -0.2) is 13.6 Å². The van der Waals surface area contributed by atoms with Gasteiger partial charge in [0.05, 0.1) is 4.90 Å². The molecule has 0 aliphatic rings. The summed E-state index contributed by atoms with van der Waals surface area (Å²) in [6, 6.07) is 1.59. The second-order valence-corrected chi connectivity index (χ2v) is 5.25. The van der Waals surface area contributed by atoms with E-state index in [9.17, 15) is 13.2 Å². The third-order valence-electron chi connectivity index (χ3n) is 2.43. The Morgan fingerprint density at radius 2 is 1.69 bits per heavy atom. The molecular weight excluding hydrogens is 228 g/mol. The number of carbonyl (C=O) groups excluding carboxylic acids is 1.